The summed E-state index contributed by atoms with van der Waals surface area (Å²) in [5.41, 5.74) is 4.27. The molecule has 0 radical (unpaired) electrons. The normalized spacial score (nSPS) is 10.5. The van der Waals surface area contributed by atoms with Crippen molar-refractivity contribution < 1.29 is 4.79 Å². The summed E-state index contributed by atoms with van der Waals surface area (Å²) >= 11 is 0. The summed E-state index contributed by atoms with van der Waals surface area (Å²) in [7, 11) is 0. The minimum absolute atomic E-state index is 0.198. The zero-order valence-corrected chi connectivity index (χ0v) is 10.7. The van der Waals surface area contributed by atoms with E-state index in [9.17, 15) is 4.79 Å². The van der Waals surface area contributed by atoms with Crippen LogP contribution in [0.1, 0.15) is 40.4 Å². The summed E-state index contributed by atoms with van der Waals surface area (Å²) in [5, 5.41) is 3.15. The van der Waals surface area contributed by atoms with Crippen LogP contribution in [-0.2, 0) is 0 Å². The van der Waals surface area contributed by atoms with E-state index >= 15 is 0 Å². The van der Waals surface area contributed by atoms with Gasteiger partial charge in [-0.2, -0.15) is 0 Å². The van der Waals surface area contributed by atoms with Gasteiger partial charge in [0.05, 0.1) is 6.54 Å². The van der Waals surface area contributed by atoms with Crippen LogP contribution in [0, 0.1) is 20.8 Å². The predicted molar refractivity (Wildman–Crippen MR) is 68.1 cm³/mol. The molecule has 0 spiro atoms. The van der Waals surface area contributed by atoms with E-state index in [1.54, 1.807) is 0 Å². The highest BCUT2D eigenvalue weighted by molar-refractivity contribution is 6.00. The van der Waals surface area contributed by atoms with Gasteiger partial charge < -0.3 is 5.32 Å². The Morgan fingerprint density at radius 1 is 1.19 bits per heavy atom. The number of aryl methyl sites for hydroxylation is 3. The fourth-order valence-corrected chi connectivity index (χ4v) is 2.09. The largest absolute Gasteiger partial charge is 0.310 e. The number of carbonyl (C=O) groups is 1. The van der Waals surface area contributed by atoms with E-state index in [4.69, 9.17) is 0 Å². The third kappa shape index (κ3) is 3.17. The molecular formula is C14H21NO. The molecule has 0 saturated carbocycles. The van der Waals surface area contributed by atoms with Crippen molar-refractivity contribution in [1.29, 1.82) is 0 Å². The van der Waals surface area contributed by atoms with Crippen LogP contribution < -0.4 is 5.32 Å². The Kier molecular flexibility index (Phi) is 4.69. The number of nitrogens with one attached hydrogen (secondary N) is 1. The second kappa shape index (κ2) is 5.80. The molecule has 0 aromatic heterocycles. The fourth-order valence-electron chi connectivity index (χ4n) is 2.09. The van der Waals surface area contributed by atoms with Crippen LogP contribution in [0.25, 0.3) is 0 Å². The van der Waals surface area contributed by atoms with Crippen molar-refractivity contribution in [2.75, 3.05) is 13.1 Å². The quantitative estimate of drug-likeness (QED) is 0.609. The maximum absolute atomic E-state index is 12.0. The van der Waals surface area contributed by atoms with Gasteiger partial charge in [-0.15, -0.1) is 0 Å². The van der Waals surface area contributed by atoms with E-state index in [0.717, 1.165) is 29.7 Å². The number of rotatable bonds is 5. The van der Waals surface area contributed by atoms with E-state index in [1.807, 2.05) is 13.8 Å². The first-order valence-electron chi connectivity index (χ1n) is 5.88. The summed E-state index contributed by atoms with van der Waals surface area (Å²) < 4.78 is 0. The van der Waals surface area contributed by atoms with Crippen LogP contribution in [0.3, 0.4) is 0 Å². The van der Waals surface area contributed by atoms with Gasteiger partial charge in [0.2, 0.25) is 0 Å². The lowest BCUT2D eigenvalue weighted by atomic mass is 9.96. The SMILES string of the molecule is CCCNCC(=O)c1c(C)cc(C)cc1C. The van der Waals surface area contributed by atoms with Crippen LogP contribution in [-0.4, -0.2) is 18.9 Å². The van der Waals surface area contributed by atoms with Crippen LogP contribution in [0.4, 0.5) is 0 Å². The van der Waals surface area contributed by atoms with Crippen molar-refractivity contribution in [3.05, 3.63) is 34.4 Å². The van der Waals surface area contributed by atoms with E-state index in [1.165, 1.54) is 5.56 Å². The Morgan fingerprint density at radius 2 is 1.75 bits per heavy atom. The number of hydrogen-bond donors (Lipinski definition) is 1. The predicted octanol–water partition coefficient (Wildman–Crippen LogP) is 2.79. The average Bonchev–Trinajstić information content (AvgIpc) is 2.16. The van der Waals surface area contributed by atoms with Crippen molar-refractivity contribution in [2.45, 2.75) is 34.1 Å². The number of hydrogen-bond acceptors (Lipinski definition) is 2. The molecule has 1 aromatic carbocycles. The summed E-state index contributed by atoms with van der Waals surface area (Å²) in [6.45, 7) is 9.51. The van der Waals surface area contributed by atoms with Crippen LogP contribution in [0.2, 0.25) is 0 Å². The Morgan fingerprint density at radius 3 is 2.25 bits per heavy atom. The van der Waals surface area contributed by atoms with E-state index in [2.05, 4.69) is 31.3 Å². The Bertz CT molecular complexity index is 359. The third-order valence-corrected chi connectivity index (χ3v) is 2.67. The molecular weight excluding hydrogens is 198 g/mol. The van der Waals surface area contributed by atoms with Gasteiger partial charge in [-0.3, -0.25) is 4.79 Å². The first-order valence-corrected chi connectivity index (χ1v) is 5.88. The number of carbonyl (C=O) groups excluding carboxylic acids is 1. The molecule has 2 nitrogen and oxygen atoms in total. The lowest BCUT2D eigenvalue weighted by Crippen LogP contribution is -2.24. The smallest absolute Gasteiger partial charge is 0.177 e. The standard InChI is InChI=1S/C14H21NO/c1-5-6-15-9-13(16)14-11(3)7-10(2)8-12(14)4/h7-8,15H,5-6,9H2,1-4H3. The average molecular weight is 219 g/mol. The van der Waals surface area contributed by atoms with Gasteiger partial charge in [-0.25, -0.2) is 0 Å². The van der Waals surface area contributed by atoms with Gasteiger partial charge in [-0.05, 0) is 44.9 Å². The Hall–Kier alpha value is -1.15. The molecule has 0 bridgehead atoms. The summed E-state index contributed by atoms with van der Waals surface area (Å²) in [6.07, 6.45) is 1.05. The van der Waals surface area contributed by atoms with Gasteiger partial charge in [0.1, 0.15) is 0 Å². The minimum Gasteiger partial charge on any atom is -0.310 e. The first kappa shape index (κ1) is 12.9. The summed E-state index contributed by atoms with van der Waals surface area (Å²) in [6, 6.07) is 4.14. The zero-order valence-electron chi connectivity index (χ0n) is 10.7. The van der Waals surface area contributed by atoms with E-state index < -0.39 is 0 Å². The number of benzene rings is 1. The molecule has 0 unspecified atom stereocenters. The monoisotopic (exact) mass is 219 g/mol. The van der Waals surface area contributed by atoms with Gasteiger partial charge in [0.25, 0.3) is 0 Å². The summed E-state index contributed by atoms with van der Waals surface area (Å²) in [4.78, 5) is 12.0. The maximum atomic E-state index is 12.0. The van der Waals surface area contributed by atoms with Crippen molar-refractivity contribution in [3.8, 4) is 0 Å². The lowest BCUT2D eigenvalue weighted by Gasteiger charge is -2.10. The maximum Gasteiger partial charge on any atom is 0.177 e. The van der Waals surface area contributed by atoms with Gasteiger partial charge in [0, 0.05) is 5.56 Å². The summed E-state index contributed by atoms with van der Waals surface area (Å²) in [5.74, 6) is 0.198. The molecule has 1 N–H and O–H groups in total. The molecule has 0 aliphatic rings. The van der Waals surface area contributed by atoms with Gasteiger partial charge in [0.15, 0.2) is 5.78 Å². The van der Waals surface area contributed by atoms with E-state index in [0.29, 0.717) is 6.54 Å². The van der Waals surface area contributed by atoms with Crippen molar-refractivity contribution >= 4 is 5.78 Å². The number of Topliss-reactive ketones (excluding diaryl/α,β-unsaturated/α-hetero) is 1. The molecule has 2 heteroatoms. The minimum atomic E-state index is 0.198. The molecule has 0 atom stereocenters. The molecule has 0 fully saturated rings. The van der Waals surface area contributed by atoms with Crippen LogP contribution >= 0.6 is 0 Å². The van der Waals surface area contributed by atoms with Crippen molar-refractivity contribution in [2.24, 2.45) is 0 Å². The molecule has 1 rings (SSSR count). The van der Waals surface area contributed by atoms with E-state index in [-0.39, 0.29) is 5.78 Å². The Balaban J connectivity index is 2.83. The molecule has 1 aromatic rings. The van der Waals surface area contributed by atoms with Gasteiger partial charge in [-0.1, -0.05) is 24.6 Å². The third-order valence-electron chi connectivity index (χ3n) is 2.67. The molecule has 0 heterocycles. The lowest BCUT2D eigenvalue weighted by molar-refractivity contribution is 0.0990. The van der Waals surface area contributed by atoms with Crippen molar-refractivity contribution in [3.63, 3.8) is 0 Å². The topological polar surface area (TPSA) is 29.1 Å². The second-order valence-electron chi connectivity index (χ2n) is 4.37. The van der Waals surface area contributed by atoms with Crippen LogP contribution in [0.5, 0.6) is 0 Å². The highest BCUT2D eigenvalue weighted by Crippen LogP contribution is 2.16. The zero-order chi connectivity index (χ0) is 12.1. The van der Waals surface area contributed by atoms with Crippen LogP contribution in [0.15, 0.2) is 12.1 Å². The molecule has 88 valence electrons. The molecule has 0 aliphatic carbocycles. The highest BCUT2D eigenvalue weighted by Gasteiger charge is 2.11. The molecule has 0 aliphatic heterocycles. The second-order valence-corrected chi connectivity index (χ2v) is 4.37. The molecule has 16 heavy (non-hydrogen) atoms. The highest BCUT2D eigenvalue weighted by atomic mass is 16.1. The molecule has 0 saturated heterocycles. The van der Waals surface area contributed by atoms with Crippen molar-refractivity contribution in [1.82, 2.24) is 5.32 Å². The molecule has 0 amide bonds. The fraction of sp³-hybridized carbons (Fsp3) is 0.500. The van der Waals surface area contributed by atoms with Gasteiger partial charge >= 0.3 is 0 Å². The number of ketones is 1. The first-order chi connectivity index (χ1) is 7.56. The Labute approximate surface area is 98.1 Å².